The number of fused-ring (bicyclic) bond motifs is 1. The number of nitrogens with one attached hydrogen (secondary N) is 3. The molecule has 1 aromatic carbocycles. The van der Waals surface area contributed by atoms with Gasteiger partial charge in [0.1, 0.15) is 5.82 Å². The number of Topliss-reactive ketones (excluding diaryl/α,β-unsaturated/α-hetero) is 1. The monoisotopic (exact) mass is 512 g/mol. The maximum Gasteiger partial charge on any atom is 0.225 e. The number of amides is 1. The quantitative estimate of drug-likeness (QED) is 0.442. The van der Waals surface area contributed by atoms with E-state index in [9.17, 15) is 9.59 Å². The molecule has 10 heteroatoms. The molecular formula is C28H32N8O2. The van der Waals surface area contributed by atoms with E-state index in [1.165, 1.54) is 0 Å². The van der Waals surface area contributed by atoms with Gasteiger partial charge in [-0.3, -0.25) is 14.5 Å². The van der Waals surface area contributed by atoms with Crippen LogP contribution in [0.25, 0.3) is 22.3 Å². The third kappa shape index (κ3) is 4.79. The van der Waals surface area contributed by atoms with Crippen LogP contribution in [0.1, 0.15) is 24.2 Å². The molecule has 6 rings (SSSR count). The van der Waals surface area contributed by atoms with Gasteiger partial charge in [0.15, 0.2) is 11.4 Å². The fourth-order valence-corrected chi connectivity index (χ4v) is 5.07. The number of rotatable bonds is 7. The van der Waals surface area contributed by atoms with Crippen molar-refractivity contribution in [1.29, 1.82) is 0 Å². The minimum atomic E-state index is -1.13. The Labute approximate surface area is 221 Å². The lowest BCUT2D eigenvalue weighted by molar-refractivity contribution is -0.134. The topological polar surface area (TPSA) is 119 Å². The van der Waals surface area contributed by atoms with Gasteiger partial charge in [0, 0.05) is 43.9 Å². The third-order valence-electron chi connectivity index (χ3n) is 7.45. The number of aromatic amines is 1. The average molecular weight is 513 g/mol. The predicted molar refractivity (Wildman–Crippen MR) is 145 cm³/mol. The SMILES string of the molecule is Cc1ncc(C)c(-c2ccc3nc(NC4(C(=O)CN5CCN(C(=O)C6CC6)CC5)C=CC=CN4)[nH]c3c2)n1. The van der Waals surface area contributed by atoms with Gasteiger partial charge in [-0.2, -0.15) is 0 Å². The molecule has 3 aliphatic rings. The molecule has 1 aliphatic carbocycles. The summed E-state index contributed by atoms with van der Waals surface area (Å²) in [7, 11) is 0. The fraction of sp³-hybridized carbons (Fsp3) is 0.393. The number of imidazole rings is 1. The van der Waals surface area contributed by atoms with Crippen LogP contribution in [0.3, 0.4) is 0 Å². The van der Waals surface area contributed by atoms with E-state index in [-0.39, 0.29) is 24.2 Å². The highest BCUT2D eigenvalue weighted by molar-refractivity contribution is 5.95. The molecule has 4 heterocycles. The first-order valence-electron chi connectivity index (χ1n) is 13.2. The number of H-pyrrole nitrogens is 1. The molecule has 1 atom stereocenters. The molecule has 1 amide bonds. The molecule has 1 unspecified atom stereocenters. The summed E-state index contributed by atoms with van der Waals surface area (Å²) in [5.74, 6) is 1.70. The molecule has 2 fully saturated rings. The van der Waals surface area contributed by atoms with Gasteiger partial charge in [0.25, 0.3) is 0 Å². The number of ketones is 1. The third-order valence-corrected chi connectivity index (χ3v) is 7.45. The summed E-state index contributed by atoms with van der Waals surface area (Å²) in [5.41, 5.74) is 3.35. The zero-order valence-corrected chi connectivity index (χ0v) is 21.7. The first-order valence-corrected chi connectivity index (χ1v) is 13.2. The molecule has 3 aromatic rings. The van der Waals surface area contributed by atoms with E-state index in [1.807, 2.05) is 61.4 Å². The molecule has 10 nitrogen and oxygen atoms in total. The number of carbonyl (C=O) groups is 2. The van der Waals surface area contributed by atoms with Gasteiger partial charge in [-0.25, -0.2) is 15.0 Å². The maximum atomic E-state index is 13.7. The molecule has 2 aliphatic heterocycles. The van der Waals surface area contributed by atoms with Gasteiger partial charge >= 0.3 is 0 Å². The Hall–Kier alpha value is -4.05. The van der Waals surface area contributed by atoms with Crippen molar-refractivity contribution in [2.24, 2.45) is 5.92 Å². The van der Waals surface area contributed by atoms with E-state index >= 15 is 0 Å². The normalized spacial score (nSPS) is 21.5. The van der Waals surface area contributed by atoms with Crippen molar-refractivity contribution in [3.8, 4) is 11.3 Å². The highest BCUT2D eigenvalue weighted by Crippen LogP contribution is 2.31. The maximum absolute atomic E-state index is 13.7. The second-order valence-electron chi connectivity index (χ2n) is 10.4. The Morgan fingerprint density at radius 2 is 1.92 bits per heavy atom. The summed E-state index contributed by atoms with van der Waals surface area (Å²) in [4.78, 5) is 47.0. The number of nitrogens with zero attached hydrogens (tertiary/aromatic N) is 5. The van der Waals surface area contributed by atoms with Gasteiger partial charge in [0.05, 0.1) is 23.3 Å². The first kappa shape index (κ1) is 24.3. The van der Waals surface area contributed by atoms with Crippen molar-refractivity contribution < 1.29 is 9.59 Å². The number of allylic oxidation sites excluding steroid dienone is 2. The van der Waals surface area contributed by atoms with Crippen molar-refractivity contribution in [1.82, 2.24) is 35.1 Å². The van der Waals surface area contributed by atoms with Gasteiger partial charge in [-0.05, 0) is 62.7 Å². The minimum absolute atomic E-state index is 0.0201. The zero-order valence-electron chi connectivity index (χ0n) is 21.7. The second kappa shape index (κ2) is 9.68. The number of carbonyl (C=O) groups excluding carboxylic acids is 2. The van der Waals surface area contributed by atoms with E-state index in [0.717, 1.165) is 46.5 Å². The number of aromatic nitrogens is 4. The number of hydrogen-bond acceptors (Lipinski definition) is 8. The van der Waals surface area contributed by atoms with E-state index in [2.05, 4.69) is 30.5 Å². The van der Waals surface area contributed by atoms with Crippen molar-refractivity contribution in [3.63, 3.8) is 0 Å². The van der Waals surface area contributed by atoms with Crippen molar-refractivity contribution >= 4 is 28.7 Å². The highest BCUT2D eigenvalue weighted by atomic mass is 16.2. The van der Waals surface area contributed by atoms with E-state index in [4.69, 9.17) is 4.98 Å². The summed E-state index contributed by atoms with van der Waals surface area (Å²) in [6.45, 7) is 6.86. The van der Waals surface area contributed by atoms with Crippen LogP contribution in [0.15, 0.2) is 48.8 Å². The van der Waals surface area contributed by atoms with Crippen LogP contribution in [0.5, 0.6) is 0 Å². The number of benzene rings is 1. The predicted octanol–water partition coefficient (Wildman–Crippen LogP) is 2.54. The average Bonchev–Trinajstić information content (AvgIpc) is 3.70. The van der Waals surface area contributed by atoms with Crippen LogP contribution in [0.4, 0.5) is 5.95 Å². The summed E-state index contributed by atoms with van der Waals surface area (Å²) in [6.07, 6.45) is 11.2. The van der Waals surface area contributed by atoms with Gasteiger partial charge in [-0.15, -0.1) is 0 Å². The van der Waals surface area contributed by atoms with Crippen LogP contribution in [-0.4, -0.2) is 79.8 Å². The molecule has 0 radical (unpaired) electrons. The molecule has 1 saturated heterocycles. The van der Waals surface area contributed by atoms with Crippen molar-refractivity contribution in [2.75, 3.05) is 38.0 Å². The van der Waals surface area contributed by atoms with Crippen LogP contribution < -0.4 is 10.6 Å². The molecule has 1 saturated carbocycles. The summed E-state index contributed by atoms with van der Waals surface area (Å²) in [5, 5.41) is 6.54. The molecule has 196 valence electrons. The Kier molecular flexibility index (Phi) is 6.19. The Morgan fingerprint density at radius 1 is 1.11 bits per heavy atom. The number of dihydropyridines is 1. The lowest BCUT2D eigenvalue weighted by Crippen LogP contribution is -2.60. The second-order valence-corrected chi connectivity index (χ2v) is 10.4. The number of hydrogen-bond donors (Lipinski definition) is 3. The smallest absolute Gasteiger partial charge is 0.225 e. The molecule has 0 spiro atoms. The molecule has 3 N–H and O–H groups in total. The van der Waals surface area contributed by atoms with Crippen molar-refractivity contribution in [2.45, 2.75) is 32.4 Å². The summed E-state index contributed by atoms with van der Waals surface area (Å²) in [6, 6.07) is 5.96. The number of anilines is 1. The molecule has 2 aromatic heterocycles. The summed E-state index contributed by atoms with van der Waals surface area (Å²) >= 11 is 0. The number of piperazine rings is 1. The van der Waals surface area contributed by atoms with Crippen LogP contribution >= 0.6 is 0 Å². The lowest BCUT2D eigenvalue weighted by Gasteiger charge is -2.37. The highest BCUT2D eigenvalue weighted by Gasteiger charge is 2.39. The first-order chi connectivity index (χ1) is 18.4. The minimum Gasteiger partial charge on any atom is -0.359 e. The van der Waals surface area contributed by atoms with Crippen LogP contribution in [0, 0.1) is 19.8 Å². The summed E-state index contributed by atoms with van der Waals surface area (Å²) < 4.78 is 0. The van der Waals surface area contributed by atoms with Gasteiger partial charge < -0.3 is 20.5 Å². The van der Waals surface area contributed by atoms with Crippen molar-refractivity contribution in [3.05, 3.63) is 60.2 Å². The molecule has 0 bridgehead atoms. The van der Waals surface area contributed by atoms with Crippen LogP contribution in [-0.2, 0) is 9.59 Å². The van der Waals surface area contributed by atoms with Gasteiger partial charge in [0.2, 0.25) is 11.9 Å². The Morgan fingerprint density at radius 3 is 2.66 bits per heavy atom. The standard InChI is InChI=1S/C28H32N8O2/c1-18-16-29-19(2)31-25(18)21-7-8-22-23(15-21)33-27(32-22)34-28(9-3-4-10-30-28)24(37)17-35-11-13-36(14-12-35)26(38)20-5-6-20/h3-4,7-10,15-16,20,30H,5-6,11-14,17H2,1-2H3,(H2,32,33,34). The van der Waals surface area contributed by atoms with Crippen LogP contribution in [0.2, 0.25) is 0 Å². The van der Waals surface area contributed by atoms with Gasteiger partial charge in [-0.1, -0.05) is 12.1 Å². The van der Waals surface area contributed by atoms with E-state index in [1.54, 1.807) is 6.20 Å². The number of aryl methyl sites for hydroxylation is 2. The molecule has 38 heavy (non-hydrogen) atoms. The largest absolute Gasteiger partial charge is 0.359 e. The fourth-order valence-electron chi connectivity index (χ4n) is 5.07. The molecular weight excluding hydrogens is 480 g/mol. The zero-order chi connectivity index (χ0) is 26.3. The Balaban J connectivity index is 1.18. The lowest BCUT2D eigenvalue weighted by atomic mass is 10.0. The van der Waals surface area contributed by atoms with E-state index in [0.29, 0.717) is 32.1 Å². The van der Waals surface area contributed by atoms with E-state index < -0.39 is 5.66 Å². The Bertz CT molecular complexity index is 1450.